The van der Waals surface area contributed by atoms with Crippen molar-refractivity contribution in [1.82, 2.24) is 15.1 Å². The Morgan fingerprint density at radius 3 is 2.31 bits per heavy atom. The number of carbonyl (C=O) groups is 2. The van der Waals surface area contributed by atoms with Gasteiger partial charge in [0.2, 0.25) is 0 Å². The molecule has 0 saturated carbocycles. The number of nitrogens with one attached hydrogen (secondary N) is 1. The molecule has 1 aromatic heterocycles. The molecule has 7 nitrogen and oxygen atoms in total. The summed E-state index contributed by atoms with van der Waals surface area (Å²) in [5.74, 6) is -0.690. The summed E-state index contributed by atoms with van der Waals surface area (Å²) < 4.78 is 12.4. The highest BCUT2D eigenvalue weighted by Crippen LogP contribution is 2.20. The van der Waals surface area contributed by atoms with Gasteiger partial charge in [-0.3, -0.25) is 19.6 Å². The van der Waals surface area contributed by atoms with E-state index < -0.39 is 24.0 Å². The fourth-order valence-corrected chi connectivity index (χ4v) is 4.46. The van der Waals surface area contributed by atoms with E-state index in [1.54, 1.807) is 16.9 Å². The van der Waals surface area contributed by atoms with Crippen LogP contribution in [0, 0.1) is 5.92 Å². The lowest BCUT2D eigenvalue weighted by atomic mass is 10.0. The van der Waals surface area contributed by atoms with E-state index in [1.807, 2.05) is 62.4 Å². The van der Waals surface area contributed by atoms with Gasteiger partial charge in [-0.15, -0.1) is 0 Å². The van der Waals surface area contributed by atoms with E-state index in [2.05, 4.69) is 10.4 Å². The van der Waals surface area contributed by atoms with Crippen LogP contribution >= 0.6 is 23.2 Å². The maximum absolute atomic E-state index is 13.0. The molecular formula is C27H31Cl2N3O4. The normalized spacial score (nSPS) is 12.8. The van der Waals surface area contributed by atoms with Crippen molar-refractivity contribution in [1.29, 1.82) is 0 Å². The van der Waals surface area contributed by atoms with Crippen LogP contribution in [0.4, 0.5) is 0 Å². The third kappa shape index (κ3) is 8.36. The number of hydrogen-bond donors (Lipinski definition) is 1. The zero-order chi connectivity index (χ0) is 26.1. The summed E-state index contributed by atoms with van der Waals surface area (Å²) in [6.45, 7) is 4.61. The Bertz CT molecular complexity index is 1130. The predicted molar refractivity (Wildman–Crippen MR) is 140 cm³/mol. The van der Waals surface area contributed by atoms with Crippen molar-refractivity contribution in [2.45, 2.75) is 51.9 Å². The van der Waals surface area contributed by atoms with E-state index in [1.165, 1.54) is 7.11 Å². The summed E-state index contributed by atoms with van der Waals surface area (Å²) in [6, 6.07) is 15.1. The van der Waals surface area contributed by atoms with Gasteiger partial charge in [-0.05, 0) is 47.7 Å². The Kier molecular flexibility index (Phi) is 10.3. The lowest BCUT2D eigenvalue weighted by Crippen LogP contribution is -2.50. The first-order valence-electron chi connectivity index (χ1n) is 11.7. The van der Waals surface area contributed by atoms with Gasteiger partial charge in [0.05, 0.1) is 13.7 Å². The van der Waals surface area contributed by atoms with Gasteiger partial charge >= 0.3 is 11.9 Å². The van der Waals surface area contributed by atoms with Gasteiger partial charge in [-0.1, -0.05) is 67.4 Å². The van der Waals surface area contributed by atoms with Gasteiger partial charge in [-0.25, -0.2) is 0 Å². The number of methoxy groups -OCH3 is 1. The minimum absolute atomic E-state index is 0.161. The van der Waals surface area contributed by atoms with Crippen LogP contribution in [0.25, 0.3) is 0 Å². The number of nitrogens with zero attached hydrogens (tertiary/aromatic N) is 2. The Hall–Kier alpha value is -2.87. The third-order valence-corrected chi connectivity index (χ3v) is 6.01. The molecule has 3 aromatic rings. The minimum atomic E-state index is -0.776. The van der Waals surface area contributed by atoms with Crippen molar-refractivity contribution in [3.8, 4) is 0 Å². The van der Waals surface area contributed by atoms with Crippen LogP contribution in [-0.4, -0.2) is 40.9 Å². The molecule has 0 bridgehead atoms. The van der Waals surface area contributed by atoms with Crippen molar-refractivity contribution < 1.29 is 19.1 Å². The quantitative estimate of drug-likeness (QED) is 0.328. The summed E-state index contributed by atoms with van der Waals surface area (Å²) in [4.78, 5) is 25.7. The maximum atomic E-state index is 13.0. The van der Waals surface area contributed by atoms with Crippen molar-refractivity contribution in [3.63, 3.8) is 0 Å². The van der Waals surface area contributed by atoms with E-state index >= 15 is 0 Å². The fraction of sp³-hybridized carbons (Fsp3) is 0.370. The molecule has 2 aromatic carbocycles. The van der Waals surface area contributed by atoms with Crippen LogP contribution in [0.15, 0.2) is 60.8 Å². The highest BCUT2D eigenvalue weighted by atomic mass is 35.5. The molecule has 0 saturated heterocycles. The molecule has 192 valence electrons. The minimum Gasteiger partial charge on any atom is -0.468 e. The molecule has 2 atom stereocenters. The molecule has 0 amide bonds. The number of benzene rings is 2. The first-order valence-corrected chi connectivity index (χ1v) is 12.5. The van der Waals surface area contributed by atoms with Gasteiger partial charge < -0.3 is 9.47 Å². The number of carbonyl (C=O) groups excluding carboxylic acids is 2. The van der Waals surface area contributed by atoms with Gasteiger partial charge in [0, 0.05) is 28.4 Å². The molecular weight excluding hydrogens is 501 g/mol. The smallest absolute Gasteiger partial charge is 0.323 e. The first kappa shape index (κ1) is 27.7. The van der Waals surface area contributed by atoms with Crippen LogP contribution in [0.3, 0.4) is 0 Å². The number of rotatable bonds is 12. The number of ether oxygens (including phenoxy) is 2. The number of hydrogen-bond acceptors (Lipinski definition) is 6. The number of halogens is 2. The second-order valence-electron chi connectivity index (χ2n) is 8.98. The molecule has 0 spiro atoms. The van der Waals surface area contributed by atoms with E-state index in [0.29, 0.717) is 23.0 Å². The van der Waals surface area contributed by atoms with E-state index in [0.717, 1.165) is 16.8 Å². The average Bonchev–Trinajstić information content (AvgIpc) is 3.27. The molecule has 3 rings (SSSR count). The van der Waals surface area contributed by atoms with E-state index in [-0.39, 0.29) is 18.9 Å². The van der Waals surface area contributed by atoms with Gasteiger partial charge in [0.25, 0.3) is 0 Å². The molecule has 0 fully saturated rings. The van der Waals surface area contributed by atoms with Crippen molar-refractivity contribution in [2.75, 3.05) is 7.11 Å². The topological polar surface area (TPSA) is 82.5 Å². The highest BCUT2D eigenvalue weighted by molar-refractivity contribution is 6.34. The molecule has 0 aliphatic heterocycles. The number of esters is 2. The van der Waals surface area contributed by atoms with Gasteiger partial charge in [-0.2, -0.15) is 5.10 Å². The monoisotopic (exact) mass is 531 g/mol. The van der Waals surface area contributed by atoms with Crippen LogP contribution in [0.1, 0.15) is 37.1 Å². The van der Waals surface area contributed by atoms with Crippen LogP contribution in [-0.2, 0) is 38.6 Å². The molecule has 36 heavy (non-hydrogen) atoms. The molecule has 9 heteroatoms. The van der Waals surface area contributed by atoms with E-state index in [9.17, 15) is 9.59 Å². The van der Waals surface area contributed by atoms with Gasteiger partial charge in [0.15, 0.2) is 0 Å². The molecule has 0 aliphatic carbocycles. The lowest BCUT2D eigenvalue weighted by molar-refractivity contribution is -0.149. The molecule has 1 heterocycles. The maximum Gasteiger partial charge on any atom is 0.323 e. The Morgan fingerprint density at radius 1 is 0.972 bits per heavy atom. The molecule has 2 unspecified atom stereocenters. The second kappa shape index (κ2) is 13.4. The summed E-state index contributed by atoms with van der Waals surface area (Å²) in [7, 11) is 1.33. The third-order valence-electron chi connectivity index (χ3n) is 5.58. The molecule has 0 radical (unpaired) electrons. The van der Waals surface area contributed by atoms with E-state index in [4.69, 9.17) is 32.7 Å². The van der Waals surface area contributed by atoms with Crippen LogP contribution < -0.4 is 5.32 Å². The first-order chi connectivity index (χ1) is 17.2. The zero-order valence-corrected chi connectivity index (χ0v) is 22.1. The molecule has 1 N–H and O–H groups in total. The van der Waals surface area contributed by atoms with Crippen LogP contribution in [0.5, 0.6) is 0 Å². The Labute approximate surface area is 221 Å². The summed E-state index contributed by atoms with van der Waals surface area (Å²) in [6.07, 6.45) is 2.43. The standard InChI is InChI=1S/C27H31Cl2N3O4/c1-18(2)11-24(27(34)36-17-19-7-5-4-6-8-19)31-25(26(33)35-3)15-23-9-10-30-32(23)16-20-12-21(28)14-22(29)13-20/h4-10,12-14,18,24-25,31H,11,15-17H2,1-3H3. The SMILES string of the molecule is COC(=O)C(Cc1ccnn1Cc1cc(Cl)cc(Cl)c1)NC(CC(C)C)C(=O)OCc1ccccc1. The second-order valence-corrected chi connectivity index (χ2v) is 9.85. The van der Waals surface area contributed by atoms with Crippen molar-refractivity contribution in [2.24, 2.45) is 5.92 Å². The summed E-state index contributed by atoms with van der Waals surface area (Å²) >= 11 is 12.3. The average molecular weight is 532 g/mol. The predicted octanol–water partition coefficient (Wildman–Crippen LogP) is 5.07. The summed E-state index contributed by atoms with van der Waals surface area (Å²) in [5.41, 5.74) is 2.56. The Balaban J connectivity index is 1.74. The van der Waals surface area contributed by atoms with Crippen LogP contribution in [0.2, 0.25) is 10.0 Å². The molecule has 0 aliphatic rings. The fourth-order valence-electron chi connectivity index (χ4n) is 3.89. The zero-order valence-electron chi connectivity index (χ0n) is 20.6. The Morgan fingerprint density at radius 2 is 1.67 bits per heavy atom. The summed E-state index contributed by atoms with van der Waals surface area (Å²) in [5, 5.41) is 8.65. The lowest BCUT2D eigenvalue weighted by Gasteiger charge is -2.24. The van der Waals surface area contributed by atoms with Gasteiger partial charge in [0.1, 0.15) is 18.7 Å². The number of aromatic nitrogens is 2. The largest absolute Gasteiger partial charge is 0.468 e. The van der Waals surface area contributed by atoms with Crippen molar-refractivity contribution in [3.05, 3.63) is 87.7 Å². The highest BCUT2D eigenvalue weighted by Gasteiger charge is 2.30. The van der Waals surface area contributed by atoms with Crippen molar-refractivity contribution >= 4 is 35.1 Å².